The quantitative estimate of drug-likeness (QED) is 0.148. The minimum Gasteiger partial charge on any atom is -0.457 e. The van der Waals surface area contributed by atoms with Crippen molar-refractivity contribution < 1.29 is 28.6 Å². The van der Waals surface area contributed by atoms with Gasteiger partial charge in [-0.15, -0.1) is 0 Å². The Morgan fingerprint density at radius 3 is 1.84 bits per heavy atom. The van der Waals surface area contributed by atoms with Crippen molar-refractivity contribution in [1.82, 2.24) is 0 Å². The third kappa shape index (κ3) is 8.68. The molecule has 2 N–H and O–H groups in total. The van der Waals surface area contributed by atoms with Gasteiger partial charge in [-0.05, 0) is 78.5 Å². The van der Waals surface area contributed by atoms with Gasteiger partial charge in [0.05, 0.1) is 0 Å². The van der Waals surface area contributed by atoms with E-state index in [0.717, 1.165) is 16.5 Å². The van der Waals surface area contributed by atoms with Crippen molar-refractivity contribution >= 4 is 39.9 Å². The fraction of sp³-hybridized carbons (Fsp3) is 0.114. The lowest BCUT2D eigenvalue weighted by Crippen LogP contribution is -2.21. The van der Waals surface area contributed by atoms with Crippen molar-refractivity contribution in [2.45, 2.75) is 19.3 Å². The van der Waals surface area contributed by atoms with Gasteiger partial charge in [0.1, 0.15) is 23.0 Å². The van der Waals surface area contributed by atoms with Gasteiger partial charge in [-0.3, -0.25) is 14.4 Å². The van der Waals surface area contributed by atoms with Gasteiger partial charge in [0.15, 0.2) is 6.61 Å². The zero-order valence-corrected chi connectivity index (χ0v) is 23.3. The number of hydrogen-bond acceptors (Lipinski definition) is 6. The van der Waals surface area contributed by atoms with Crippen molar-refractivity contribution in [2.75, 3.05) is 17.2 Å². The van der Waals surface area contributed by atoms with E-state index in [1.807, 2.05) is 72.8 Å². The number of fused-ring (bicyclic) bond motifs is 1. The predicted molar refractivity (Wildman–Crippen MR) is 165 cm³/mol. The fourth-order valence-corrected chi connectivity index (χ4v) is 4.28. The molecule has 0 aliphatic carbocycles. The molecule has 0 fully saturated rings. The first-order valence-corrected chi connectivity index (χ1v) is 13.9. The molecule has 0 atom stereocenters. The van der Waals surface area contributed by atoms with Crippen LogP contribution in [0.1, 0.15) is 19.3 Å². The van der Waals surface area contributed by atoms with Crippen LogP contribution in [-0.2, 0) is 19.1 Å². The van der Waals surface area contributed by atoms with Gasteiger partial charge in [-0.2, -0.15) is 0 Å². The molecular weight excluding hydrogens is 544 g/mol. The summed E-state index contributed by atoms with van der Waals surface area (Å²) in [6.07, 6.45) is 0.439. The second-order valence-corrected chi connectivity index (χ2v) is 9.65. The molecule has 2 amide bonds. The molecule has 5 aromatic carbocycles. The number of amides is 2. The lowest BCUT2D eigenvalue weighted by atomic mass is 10.1. The number of benzene rings is 5. The number of ether oxygens (including phenoxy) is 3. The number of carbonyl (C=O) groups excluding carboxylic acids is 3. The molecule has 5 aromatic rings. The number of hydrogen-bond donors (Lipinski definition) is 2. The first kappa shape index (κ1) is 28.9. The Morgan fingerprint density at radius 2 is 1.12 bits per heavy atom. The van der Waals surface area contributed by atoms with Gasteiger partial charge in [0.25, 0.3) is 5.91 Å². The first-order chi connectivity index (χ1) is 21.0. The first-order valence-electron chi connectivity index (χ1n) is 13.9. The summed E-state index contributed by atoms with van der Waals surface area (Å²) in [4.78, 5) is 36.6. The third-order valence-corrected chi connectivity index (χ3v) is 6.38. The average Bonchev–Trinajstić information content (AvgIpc) is 3.03. The van der Waals surface area contributed by atoms with Crippen LogP contribution in [0.4, 0.5) is 11.4 Å². The highest BCUT2D eigenvalue weighted by Crippen LogP contribution is 2.30. The molecule has 0 aromatic heterocycles. The van der Waals surface area contributed by atoms with E-state index >= 15 is 0 Å². The SMILES string of the molecule is O=C(CCCC(=O)OCC(=O)Nc1ccc(Oc2ccccc2)cc1)Nc1ccc(Oc2cccc3ccccc23)cc1. The molecule has 0 bridgehead atoms. The lowest BCUT2D eigenvalue weighted by molar-refractivity contribution is -0.147. The summed E-state index contributed by atoms with van der Waals surface area (Å²) in [5.41, 5.74) is 1.17. The zero-order valence-electron chi connectivity index (χ0n) is 23.3. The largest absolute Gasteiger partial charge is 0.457 e. The second-order valence-electron chi connectivity index (χ2n) is 9.65. The minimum absolute atomic E-state index is 0.0179. The van der Waals surface area contributed by atoms with Crippen molar-refractivity contribution in [3.05, 3.63) is 121 Å². The Balaban J connectivity index is 0.981. The zero-order chi connectivity index (χ0) is 29.9. The topological polar surface area (TPSA) is 103 Å². The van der Waals surface area contributed by atoms with Crippen LogP contribution in [0.3, 0.4) is 0 Å². The summed E-state index contributed by atoms with van der Waals surface area (Å²) in [5, 5.41) is 7.59. The monoisotopic (exact) mass is 574 g/mol. The summed E-state index contributed by atoms with van der Waals surface area (Å²) in [6.45, 7) is -0.416. The van der Waals surface area contributed by atoms with Crippen LogP contribution in [0.2, 0.25) is 0 Å². The molecule has 216 valence electrons. The molecule has 0 radical (unpaired) electrons. The Kier molecular flexibility index (Phi) is 9.62. The average molecular weight is 575 g/mol. The molecule has 0 saturated heterocycles. The third-order valence-electron chi connectivity index (χ3n) is 6.38. The van der Waals surface area contributed by atoms with E-state index in [0.29, 0.717) is 28.6 Å². The van der Waals surface area contributed by atoms with Gasteiger partial charge in [-0.1, -0.05) is 54.6 Å². The maximum atomic E-state index is 12.3. The van der Waals surface area contributed by atoms with Crippen LogP contribution < -0.4 is 20.1 Å². The molecule has 8 nitrogen and oxygen atoms in total. The number of para-hydroxylation sites is 1. The summed E-state index contributed by atoms with van der Waals surface area (Å²) in [6, 6.07) is 37.2. The van der Waals surface area contributed by atoms with Crippen LogP contribution in [-0.4, -0.2) is 24.4 Å². The molecule has 0 spiro atoms. The molecule has 8 heteroatoms. The predicted octanol–water partition coefficient (Wildman–Crippen LogP) is 7.72. The number of nitrogens with one attached hydrogen (secondary N) is 2. The van der Waals surface area contributed by atoms with Crippen molar-refractivity contribution in [3.8, 4) is 23.0 Å². The van der Waals surface area contributed by atoms with Crippen LogP contribution in [0.15, 0.2) is 121 Å². The van der Waals surface area contributed by atoms with E-state index in [-0.39, 0.29) is 25.2 Å². The smallest absolute Gasteiger partial charge is 0.306 e. The van der Waals surface area contributed by atoms with Gasteiger partial charge in [0, 0.05) is 29.6 Å². The molecule has 43 heavy (non-hydrogen) atoms. The molecular formula is C35H30N2O6. The molecule has 0 heterocycles. The van der Waals surface area contributed by atoms with Crippen LogP contribution in [0.25, 0.3) is 10.8 Å². The number of carbonyl (C=O) groups is 3. The van der Waals surface area contributed by atoms with Gasteiger partial charge in [0.2, 0.25) is 5.91 Å². The Morgan fingerprint density at radius 1 is 0.535 bits per heavy atom. The van der Waals surface area contributed by atoms with Crippen molar-refractivity contribution in [3.63, 3.8) is 0 Å². The lowest BCUT2D eigenvalue weighted by Gasteiger charge is -2.10. The van der Waals surface area contributed by atoms with Crippen LogP contribution >= 0.6 is 0 Å². The van der Waals surface area contributed by atoms with E-state index in [9.17, 15) is 14.4 Å². The van der Waals surface area contributed by atoms with E-state index < -0.39 is 18.5 Å². The van der Waals surface area contributed by atoms with E-state index in [4.69, 9.17) is 14.2 Å². The molecule has 0 unspecified atom stereocenters. The maximum absolute atomic E-state index is 12.3. The highest BCUT2D eigenvalue weighted by molar-refractivity contribution is 5.93. The molecule has 0 aliphatic heterocycles. The Hall–Kier alpha value is -5.63. The number of rotatable bonds is 12. The van der Waals surface area contributed by atoms with Crippen LogP contribution in [0, 0.1) is 0 Å². The fourth-order valence-electron chi connectivity index (χ4n) is 4.28. The van der Waals surface area contributed by atoms with E-state index in [1.165, 1.54) is 0 Å². The number of anilines is 2. The Bertz CT molecular complexity index is 1680. The standard InChI is InChI=1S/C35H30N2O6/c38-33(36-26-18-22-30(23-19-26)43-32-13-6-9-25-8-4-5-12-31(25)32)14-7-15-35(40)41-24-34(39)37-27-16-20-29(21-17-27)42-28-10-2-1-3-11-28/h1-6,8-13,16-23H,7,14-15,24H2,(H,36,38)(H,37,39). The van der Waals surface area contributed by atoms with Crippen LogP contribution in [0.5, 0.6) is 23.0 Å². The summed E-state index contributed by atoms with van der Waals surface area (Å²) in [7, 11) is 0. The van der Waals surface area contributed by atoms with Crippen molar-refractivity contribution in [2.24, 2.45) is 0 Å². The van der Waals surface area contributed by atoms with E-state index in [1.54, 1.807) is 48.5 Å². The van der Waals surface area contributed by atoms with Gasteiger partial charge in [-0.25, -0.2) is 0 Å². The maximum Gasteiger partial charge on any atom is 0.306 e. The highest BCUT2D eigenvalue weighted by atomic mass is 16.5. The molecule has 5 rings (SSSR count). The molecule has 0 aliphatic rings. The van der Waals surface area contributed by atoms with Crippen molar-refractivity contribution in [1.29, 1.82) is 0 Å². The summed E-state index contributed by atoms with van der Waals surface area (Å²) in [5.74, 6) is 1.49. The molecule has 0 saturated carbocycles. The number of esters is 1. The second kappa shape index (κ2) is 14.3. The van der Waals surface area contributed by atoms with Gasteiger partial charge < -0.3 is 24.8 Å². The van der Waals surface area contributed by atoms with E-state index in [2.05, 4.69) is 10.6 Å². The summed E-state index contributed by atoms with van der Waals surface area (Å²) >= 11 is 0. The Labute approximate surface area is 249 Å². The minimum atomic E-state index is -0.551. The normalized spacial score (nSPS) is 10.5. The summed E-state index contributed by atoms with van der Waals surface area (Å²) < 4.78 is 16.8. The highest BCUT2D eigenvalue weighted by Gasteiger charge is 2.11. The van der Waals surface area contributed by atoms with Gasteiger partial charge >= 0.3 is 5.97 Å².